The number of nitrogens with one attached hydrogen (secondary N) is 3. The van der Waals surface area contributed by atoms with Gasteiger partial charge in [0.15, 0.2) is 5.96 Å². The fraction of sp³-hybridized carbons (Fsp3) is 0.571. The summed E-state index contributed by atoms with van der Waals surface area (Å²) in [6, 6.07) is 2.02. The Morgan fingerprint density at radius 3 is 2.57 bits per heavy atom. The number of pyridine rings is 1. The van der Waals surface area contributed by atoms with Crippen LogP contribution in [0, 0.1) is 5.92 Å². The molecule has 1 aromatic rings. The van der Waals surface area contributed by atoms with Crippen LogP contribution >= 0.6 is 23.2 Å². The summed E-state index contributed by atoms with van der Waals surface area (Å²) in [6.45, 7) is 7.84. The standard InChI is InChI=1S/C14H23Cl2N5/c1-9(2)10(3)21-14(17-4)19-6-5-18-13-12(16)7-11(15)8-20-13/h7-10H,5-6H2,1-4H3,(H,18,20)(H2,17,19,21). The third kappa shape index (κ3) is 6.40. The minimum Gasteiger partial charge on any atom is -0.367 e. The minimum absolute atomic E-state index is 0.358. The second kappa shape index (κ2) is 8.95. The summed E-state index contributed by atoms with van der Waals surface area (Å²) in [5, 5.41) is 10.8. The van der Waals surface area contributed by atoms with Gasteiger partial charge in [-0.1, -0.05) is 37.0 Å². The van der Waals surface area contributed by atoms with Gasteiger partial charge in [-0.15, -0.1) is 0 Å². The van der Waals surface area contributed by atoms with Crippen molar-refractivity contribution in [1.29, 1.82) is 0 Å². The van der Waals surface area contributed by atoms with Crippen molar-refractivity contribution >= 4 is 35.0 Å². The summed E-state index contributed by atoms with van der Waals surface area (Å²) in [7, 11) is 1.76. The number of rotatable bonds is 6. The van der Waals surface area contributed by atoms with Crippen LogP contribution in [0.15, 0.2) is 17.3 Å². The van der Waals surface area contributed by atoms with Gasteiger partial charge in [0.1, 0.15) is 5.82 Å². The number of nitrogens with zero attached hydrogens (tertiary/aromatic N) is 2. The molecule has 118 valence electrons. The van der Waals surface area contributed by atoms with Gasteiger partial charge in [-0.25, -0.2) is 4.98 Å². The monoisotopic (exact) mass is 331 g/mol. The molecule has 0 spiro atoms. The average molecular weight is 332 g/mol. The van der Waals surface area contributed by atoms with E-state index in [0.717, 1.165) is 5.96 Å². The number of aliphatic imine (C=N–C) groups is 1. The molecule has 0 saturated carbocycles. The largest absolute Gasteiger partial charge is 0.367 e. The van der Waals surface area contributed by atoms with Gasteiger partial charge in [0.2, 0.25) is 0 Å². The molecule has 0 aliphatic rings. The second-order valence-corrected chi connectivity index (χ2v) is 5.93. The van der Waals surface area contributed by atoms with E-state index < -0.39 is 0 Å². The fourth-order valence-electron chi connectivity index (χ4n) is 1.48. The second-order valence-electron chi connectivity index (χ2n) is 5.09. The van der Waals surface area contributed by atoms with E-state index in [0.29, 0.717) is 40.9 Å². The van der Waals surface area contributed by atoms with Gasteiger partial charge in [-0.3, -0.25) is 4.99 Å². The van der Waals surface area contributed by atoms with E-state index in [-0.39, 0.29) is 0 Å². The minimum atomic E-state index is 0.358. The number of halogens is 2. The van der Waals surface area contributed by atoms with Crippen molar-refractivity contribution in [3.05, 3.63) is 22.3 Å². The van der Waals surface area contributed by atoms with E-state index >= 15 is 0 Å². The lowest BCUT2D eigenvalue weighted by Crippen LogP contribution is -2.45. The topological polar surface area (TPSA) is 61.3 Å². The van der Waals surface area contributed by atoms with E-state index in [9.17, 15) is 0 Å². The van der Waals surface area contributed by atoms with Gasteiger partial charge >= 0.3 is 0 Å². The van der Waals surface area contributed by atoms with Gasteiger partial charge in [-0.2, -0.15) is 0 Å². The molecule has 7 heteroatoms. The van der Waals surface area contributed by atoms with Crippen LogP contribution in [0.3, 0.4) is 0 Å². The summed E-state index contributed by atoms with van der Waals surface area (Å²) >= 11 is 11.8. The Morgan fingerprint density at radius 1 is 1.29 bits per heavy atom. The molecule has 0 bridgehead atoms. The highest BCUT2D eigenvalue weighted by atomic mass is 35.5. The van der Waals surface area contributed by atoms with Gasteiger partial charge < -0.3 is 16.0 Å². The molecule has 0 amide bonds. The summed E-state index contributed by atoms with van der Waals surface area (Å²) < 4.78 is 0. The molecular formula is C14H23Cl2N5. The highest BCUT2D eigenvalue weighted by molar-refractivity contribution is 6.35. The van der Waals surface area contributed by atoms with Gasteiger partial charge in [0.05, 0.1) is 10.0 Å². The quantitative estimate of drug-likeness (QED) is 0.426. The van der Waals surface area contributed by atoms with E-state index in [1.54, 1.807) is 19.3 Å². The molecule has 21 heavy (non-hydrogen) atoms. The summed E-state index contributed by atoms with van der Waals surface area (Å²) in [4.78, 5) is 8.33. The van der Waals surface area contributed by atoms with Gasteiger partial charge in [-0.05, 0) is 18.9 Å². The van der Waals surface area contributed by atoms with E-state index in [1.807, 2.05) is 0 Å². The van der Waals surface area contributed by atoms with Crippen LogP contribution in [0.4, 0.5) is 5.82 Å². The molecular weight excluding hydrogens is 309 g/mol. The van der Waals surface area contributed by atoms with Gasteiger partial charge in [0, 0.05) is 32.4 Å². The molecule has 0 aromatic carbocycles. The van der Waals surface area contributed by atoms with Crippen molar-refractivity contribution in [2.75, 3.05) is 25.5 Å². The van der Waals surface area contributed by atoms with Crippen LogP contribution < -0.4 is 16.0 Å². The van der Waals surface area contributed by atoms with Crippen LogP contribution in [0.5, 0.6) is 0 Å². The average Bonchev–Trinajstić information content (AvgIpc) is 2.43. The Bertz CT molecular complexity index is 476. The van der Waals surface area contributed by atoms with Crippen molar-refractivity contribution in [3.8, 4) is 0 Å². The fourth-order valence-corrected chi connectivity index (χ4v) is 1.93. The zero-order valence-corrected chi connectivity index (χ0v) is 14.4. The van der Waals surface area contributed by atoms with Crippen molar-refractivity contribution in [3.63, 3.8) is 0 Å². The lowest BCUT2D eigenvalue weighted by molar-refractivity contribution is 0.481. The predicted octanol–water partition coefficient (Wildman–Crippen LogP) is 3.01. The summed E-state index contributed by atoms with van der Waals surface area (Å²) in [6.07, 6.45) is 1.56. The van der Waals surface area contributed by atoms with Crippen LogP contribution in [0.1, 0.15) is 20.8 Å². The molecule has 0 radical (unpaired) electrons. The maximum absolute atomic E-state index is 6.04. The SMILES string of the molecule is CN=C(NCCNc1ncc(Cl)cc1Cl)NC(C)C(C)C. The molecule has 3 N–H and O–H groups in total. The number of hydrogen-bond acceptors (Lipinski definition) is 3. The maximum Gasteiger partial charge on any atom is 0.191 e. The van der Waals surface area contributed by atoms with Crippen molar-refractivity contribution in [1.82, 2.24) is 15.6 Å². The number of aromatic nitrogens is 1. The first-order valence-electron chi connectivity index (χ1n) is 6.96. The molecule has 0 aliphatic heterocycles. The first-order valence-corrected chi connectivity index (χ1v) is 7.71. The molecule has 1 aromatic heterocycles. The number of hydrogen-bond donors (Lipinski definition) is 3. The summed E-state index contributed by atoms with van der Waals surface area (Å²) in [5.41, 5.74) is 0. The third-order valence-electron chi connectivity index (χ3n) is 3.11. The molecule has 1 atom stereocenters. The Morgan fingerprint density at radius 2 is 2.00 bits per heavy atom. The molecule has 0 aliphatic carbocycles. The third-order valence-corrected chi connectivity index (χ3v) is 3.60. The van der Waals surface area contributed by atoms with Crippen molar-refractivity contribution in [2.24, 2.45) is 10.9 Å². The first-order chi connectivity index (χ1) is 9.93. The van der Waals surface area contributed by atoms with Crippen molar-refractivity contribution in [2.45, 2.75) is 26.8 Å². The zero-order chi connectivity index (χ0) is 15.8. The van der Waals surface area contributed by atoms with E-state index in [4.69, 9.17) is 23.2 Å². The Hall–Kier alpha value is -1.20. The van der Waals surface area contributed by atoms with Crippen LogP contribution in [-0.2, 0) is 0 Å². The molecule has 1 unspecified atom stereocenters. The smallest absolute Gasteiger partial charge is 0.191 e. The van der Waals surface area contributed by atoms with Crippen LogP contribution in [0.2, 0.25) is 10.0 Å². The van der Waals surface area contributed by atoms with Crippen LogP contribution in [-0.4, -0.2) is 37.1 Å². The first kappa shape index (κ1) is 17.9. The lowest BCUT2D eigenvalue weighted by atomic mass is 10.1. The maximum atomic E-state index is 6.04. The number of guanidine groups is 1. The van der Waals surface area contributed by atoms with Gasteiger partial charge in [0.25, 0.3) is 0 Å². The Balaban J connectivity index is 2.35. The normalized spacial score (nSPS) is 13.2. The number of anilines is 1. The molecule has 5 nitrogen and oxygen atoms in total. The highest BCUT2D eigenvalue weighted by Gasteiger charge is 2.08. The summed E-state index contributed by atoms with van der Waals surface area (Å²) in [5.74, 6) is 1.95. The van der Waals surface area contributed by atoms with Crippen molar-refractivity contribution < 1.29 is 0 Å². The Labute approximate surface area is 136 Å². The molecule has 1 heterocycles. The highest BCUT2D eigenvalue weighted by Crippen LogP contribution is 2.21. The van der Waals surface area contributed by atoms with E-state index in [1.165, 1.54) is 0 Å². The molecule has 0 saturated heterocycles. The zero-order valence-electron chi connectivity index (χ0n) is 12.9. The Kier molecular flexibility index (Phi) is 7.61. The van der Waals surface area contributed by atoms with E-state index in [2.05, 4.69) is 46.7 Å². The molecule has 0 fully saturated rings. The molecule has 1 rings (SSSR count). The lowest BCUT2D eigenvalue weighted by Gasteiger charge is -2.20. The van der Waals surface area contributed by atoms with Crippen LogP contribution in [0.25, 0.3) is 0 Å². The predicted molar refractivity (Wildman–Crippen MR) is 91.5 cm³/mol.